The van der Waals surface area contributed by atoms with E-state index in [1.807, 2.05) is 30.3 Å². The second-order valence-electron chi connectivity index (χ2n) is 10.6. The molecule has 0 radical (unpaired) electrons. The maximum absolute atomic E-state index is 14.6. The van der Waals surface area contributed by atoms with Crippen molar-refractivity contribution >= 4 is 49.7 Å². The van der Waals surface area contributed by atoms with Crippen LogP contribution in [0.2, 0.25) is 5.02 Å². The molecule has 0 spiro atoms. The van der Waals surface area contributed by atoms with Crippen molar-refractivity contribution in [2.24, 2.45) is 0 Å². The topological polar surface area (TPSA) is 73.2 Å². The quantitative estimate of drug-likeness (QED) is 0.202. The predicted octanol–water partition coefficient (Wildman–Crippen LogP) is 9.07. The molecule has 1 saturated carbocycles. The number of benzene rings is 3. The number of ether oxygens (including phenoxy) is 1. The summed E-state index contributed by atoms with van der Waals surface area (Å²) in [4.78, 5) is 16.4. The third-order valence-electron chi connectivity index (χ3n) is 7.79. The summed E-state index contributed by atoms with van der Waals surface area (Å²) in [6.07, 6.45) is 4.68. The molecule has 0 atom stereocenters. The fourth-order valence-electron chi connectivity index (χ4n) is 5.43. The molecule has 1 amide bonds. The lowest BCUT2D eigenvalue weighted by Crippen LogP contribution is -2.40. The molecule has 6 nitrogen and oxygen atoms in total. The van der Waals surface area contributed by atoms with Crippen molar-refractivity contribution in [1.29, 1.82) is 0 Å². The standard InChI is InChI=1S/C31H33ClF2N2O4S2/c1-35(2)42(38,39)23-12-9-19(10-13-23)20-11-16-26(40-3)21(17-20)18-36(22-7-5-4-6-8-22)31(37)30-28(32)27-24(33)14-15-25(34)29(27)41-30/h9-17,22,38-39H,4-8,18H2,1-3H3. The number of hydrogen-bond acceptors (Lipinski definition) is 6. The van der Waals surface area contributed by atoms with Gasteiger partial charge in [0, 0.05) is 32.2 Å². The van der Waals surface area contributed by atoms with Gasteiger partial charge in [0.25, 0.3) is 5.91 Å². The second kappa shape index (κ2) is 12.5. The molecule has 1 aliphatic carbocycles. The van der Waals surface area contributed by atoms with Crippen molar-refractivity contribution in [2.75, 3.05) is 21.2 Å². The van der Waals surface area contributed by atoms with E-state index in [-0.39, 0.29) is 38.5 Å². The molecule has 0 saturated heterocycles. The molecule has 1 aliphatic rings. The SMILES string of the molecule is COc1ccc(-c2ccc(S(O)(O)N(C)C)cc2)cc1CN(C(=O)c1sc2c(F)ccc(F)c2c1Cl)C1CCCCC1. The van der Waals surface area contributed by atoms with Gasteiger partial charge < -0.3 is 9.64 Å². The van der Waals surface area contributed by atoms with Crippen molar-refractivity contribution < 1.29 is 27.4 Å². The van der Waals surface area contributed by atoms with E-state index in [4.69, 9.17) is 16.3 Å². The largest absolute Gasteiger partial charge is 0.496 e. The Balaban J connectivity index is 1.52. The summed E-state index contributed by atoms with van der Waals surface area (Å²) >= 11 is 7.42. The zero-order valence-corrected chi connectivity index (χ0v) is 26.0. The Bertz CT molecular complexity index is 1610. The van der Waals surface area contributed by atoms with Gasteiger partial charge >= 0.3 is 0 Å². The van der Waals surface area contributed by atoms with Crippen LogP contribution in [0.5, 0.6) is 5.75 Å². The number of nitrogens with zero attached hydrogens (tertiary/aromatic N) is 2. The molecular weight excluding hydrogens is 602 g/mol. The molecule has 5 rings (SSSR count). The molecule has 2 N–H and O–H groups in total. The highest BCUT2D eigenvalue weighted by molar-refractivity contribution is 8.22. The molecule has 1 aromatic heterocycles. The third kappa shape index (κ3) is 5.89. The highest BCUT2D eigenvalue weighted by Crippen LogP contribution is 2.49. The first-order valence-corrected chi connectivity index (χ1v) is 16.3. The van der Waals surface area contributed by atoms with E-state index in [1.165, 1.54) is 4.31 Å². The van der Waals surface area contributed by atoms with Crippen LogP contribution < -0.4 is 4.74 Å². The lowest BCUT2D eigenvalue weighted by Gasteiger charge is -2.38. The summed E-state index contributed by atoms with van der Waals surface area (Å²) in [5.41, 5.74) is 2.48. The van der Waals surface area contributed by atoms with E-state index < -0.39 is 22.4 Å². The van der Waals surface area contributed by atoms with Crippen LogP contribution in [0, 0.1) is 11.6 Å². The number of methoxy groups -OCH3 is 1. The van der Waals surface area contributed by atoms with Crippen molar-refractivity contribution in [1.82, 2.24) is 9.21 Å². The predicted molar refractivity (Wildman–Crippen MR) is 167 cm³/mol. The maximum atomic E-state index is 14.6. The van der Waals surface area contributed by atoms with E-state index in [1.54, 1.807) is 38.2 Å². The maximum Gasteiger partial charge on any atom is 0.266 e. The molecule has 1 heterocycles. The molecule has 11 heteroatoms. The number of carbonyl (C=O) groups excluding carboxylic acids is 1. The van der Waals surface area contributed by atoms with E-state index in [0.717, 1.165) is 72.3 Å². The summed E-state index contributed by atoms with van der Waals surface area (Å²) < 4.78 is 57.2. The zero-order chi connectivity index (χ0) is 30.2. The molecular formula is C31H33ClF2N2O4S2. The van der Waals surface area contributed by atoms with Gasteiger partial charge in [0.05, 0.1) is 27.1 Å². The molecule has 42 heavy (non-hydrogen) atoms. The van der Waals surface area contributed by atoms with Crippen molar-refractivity contribution in [3.05, 3.63) is 81.7 Å². The Morgan fingerprint density at radius 1 is 1.00 bits per heavy atom. The van der Waals surface area contributed by atoms with Crippen LogP contribution in [0.25, 0.3) is 21.2 Å². The lowest BCUT2D eigenvalue weighted by atomic mass is 9.93. The molecule has 4 aromatic rings. The summed E-state index contributed by atoms with van der Waals surface area (Å²) in [5.74, 6) is -1.04. The van der Waals surface area contributed by atoms with Crippen LogP contribution >= 0.6 is 33.7 Å². The Hall–Kier alpha value is -2.73. The van der Waals surface area contributed by atoms with Gasteiger partial charge in [-0.25, -0.2) is 13.1 Å². The molecule has 1 fully saturated rings. The summed E-state index contributed by atoms with van der Waals surface area (Å²) in [6.45, 7) is 0.218. The highest BCUT2D eigenvalue weighted by atomic mass is 35.5. The molecule has 0 bridgehead atoms. The van der Waals surface area contributed by atoms with Crippen LogP contribution in [0.4, 0.5) is 8.78 Å². The van der Waals surface area contributed by atoms with Crippen LogP contribution in [0.1, 0.15) is 47.3 Å². The van der Waals surface area contributed by atoms with Crippen LogP contribution in [-0.2, 0) is 6.54 Å². The van der Waals surface area contributed by atoms with E-state index in [0.29, 0.717) is 10.6 Å². The number of fused-ring (bicyclic) bond motifs is 1. The van der Waals surface area contributed by atoms with Crippen LogP contribution in [0.15, 0.2) is 59.5 Å². The number of thiophene rings is 1. The number of rotatable bonds is 8. The second-order valence-corrected chi connectivity index (χ2v) is 14.2. The summed E-state index contributed by atoms with van der Waals surface area (Å²) in [7, 11) is 1.72. The minimum atomic E-state index is -3.07. The molecule has 0 unspecified atom stereocenters. The molecule has 0 aliphatic heterocycles. The number of hydrogen-bond donors (Lipinski definition) is 2. The molecule has 3 aromatic carbocycles. The fraction of sp³-hybridized carbons (Fsp3) is 0.323. The first-order chi connectivity index (χ1) is 20.0. The molecule has 224 valence electrons. The average molecular weight is 635 g/mol. The van der Waals surface area contributed by atoms with Crippen molar-refractivity contribution in [3.8, 4) is 16.9 Å². The van der Waals surface area contributed by atoms with Gasteiger partial charge in [0.1, 0.15) is 22.3 Å². The van der Waals surface area contributed by atoms with E-state index in [2.05, 4.69) is 0 Å². The Labute approximate surface area is 255 Å². The summed E-state index contributed by atoms with van der Waals surface area (Å²) in [6, 6.07) is 14.7. The number of halogens is 3. The van der Waals surface area contributed by atoms with Gasteiger partial charge in [-0.3, -0.25) is 13.9 Å². The van der Waals surface area contributed by atoms with Crippen LogP contribution in [-0.4, -0.2) is 51.5 Å². The lowest BCUT2D eigenvalue weighted by molar-refractivity contribution is 0.0618. The zero-order valence-electron chi connectivity index (χ0n) is 23.6. The fourth-order valence-corrected chi connectivity index (χ4v) is 7.86. The smallest absolute Gasteiger partial charge is 0.266 e. The Morgan fingerprint density at radius 3 is 2.26 bits per heavy atom. The first kappa shape index (κ1) is 30.7. The van der Waals surface area contributed by atoms with Crippen molar-refractivity contribution in [3.63, 3.8) is 0 Å². The first-order valence-electron chi connectivity index (χ1n) is 13.6. The van der Waals surface area contributed by atoms with E-state index in [9.17, 15) is 22.7 Å². The third-order valence-corrected chi connectivity index (χ3v) is 11.4. The monoisotopic (exact) mass is 634 g/mol. The van der Waals surface area contributed by atoms with Gasteiger partial charge in [-0.15, -0.1) is 22.1 Å². The van der Waals surface area contributed by atoms with Crippen molar-refractivity contribution in [2.45, 2.75) is 49.6 Å². The van der Waals surface area contributed by atoms with Crippen LogP contribution in [0.3, 0.4) is 0 Å². The minimum Gasteiger partial charge on any atom is -0.496 e. The normalized spacial score (nSPS) is 14.9. The summed E-state index contributed by atoms with van der Waals surface area (Å²) in [5, 5.41) is -0.134. The highest BCUT2D eigenvalue weighted by Gasteiger charge is 2.31. The number of amides is 1. The Morgan fingerprint density at radius 2 is 1.64 bits per heavy atom. The number of carbonyl (C=O) groups is 1. The van der Waals surface area contributed by atoms with Gasteiger partial charge in [-0.1, -0.05) is 49.1 Å². The van der Waals surface area contributed by atoms with Gasteiger partial charge in [-0.05, 0) is 60.4 Å². The van der Waals surface area contributed by atoms with Gasteiger partial charge in [0.15, 0.2) is 0 Å². The minimum absolute atomic E-state index is 0.0286. The average Bonchev–Trinajstić information content (AvgIpc) is 3.36. The van der Waals surface area contributed by atoms with Gasteiger partial charge in [-0.2, -0.15) is 0 Å². The Kier molecular flexibility index (Phi) is 9.13. The van der Waals surface area contributed by atoms with E-state index >= 15 is 0 Å². The van der Waals surface area contributed by atoms with Gasteiger partial charge in [0.2, 0.25) is 0 Å².